The van der Waals surface area contributed by atoms with E-state index in [1.807, 2.05) is 12.1 Å². The van der Waals surface area contributed by atoms with Crippen molar-refractivity contribution in [1.82, 2.24) is 0 Å². The number of fused-ring (bicyclic) bond motifs is 1. The lowest BCUT2D eigenvalue weighted by Gasteiger charge is -2.10. The predicted molar refractivity (Wildman–Crippen MR) is 107 cm³/mol. The summed E-state index contributed by atoms with van der Waals surface area (Å²) in [6.45, 7) is 0. The van der Waals surface area contributed by atoms with Gasteiger partial charge in [-0.2, -0.15) is 0 Å². The van der Waals surface area contributed by atoms with Gasteiger partial charge in [-0.1, -0.05) is 60.7 Å². The van der Waals surface area contributed by atoms with Gasteiger partial charge in [0.05, 0.1) is 6.42 Å². The van der Waals surface area contributed by atoms with Gasteiger partial charge in [-0.15, -0.1) is 0 Å². The Hall–Kier alpha value is -4.06. The maximum Gasteiger partial charge on any atom is 0.315 e. The summed E-state index contributed by atoms with van der Waals surface area (Å²) in [6.07, 6.45) is -0.0208. The quantitative estimate of drug-likeness (QED) is 0.311. The van der Waals surface area contributed by atoms with E-state index in [1.165, 1.54) is 12.1 Å². The minimum absolute atomic E-state index is 0.00540. The summed E-state index contributed by atoms with van der Waals surface area (Å²) in [5, 5.41) is 20.3. The van der Waals surface area contributed by atoms with Gasteiger partial charge in [-0.05, 0) is 5.56 Å². The number of benzene rings is 3. The van der Waals surface area contributed by atoms with Crippen molar-refractivity contribution in [2.24, 2.45) is 0 Å². The molecule has 0 spiro atoms. The summed E-state index contributed by atoms with van der Waals surface area (Å²) in [5.74, 6) is -2.03. The van der Waals surface area contributed by atoms with Gasteiger partial charge < -0.3 is 19.4 Å². The number of hydrogen-bond acceptors (Lipinski definition) is 6. The van der Waals surface area contributed by atoms with Crippen LogP contribution in [-0.2, 0) is 11.2 Å². The van der Waals surface area contributed by atoms with E-state index in [0.717, 1.165) is 5.56 Å². The number of esters is 1. The second-order valence-corrected chi connectivity index (χ2v) is 6.42. The third-order valence-electron chi connectivity index (χ3n) is 4.40. The van der Waals surface area contributed by atoms with Crippen molar-refractivity contribution in [2.45, 2.75) is 6.42 Å². The number of ether oxygens (including phenoxy) is 1. The largest absolute Gasteiger partial charge is 0.504 e. The zero-order valence-corrected chi connectivity index (χ0v) is 15.2. The molecule has 0 radical (unpaired) electrons. The first-order chi connectivity index (χ1) is 14.0. The van der Waals surface area contributed by atoms with Crippen molar-refractivity contribution < 1.29 is 24.2 Å². The maximum absolute atomic E-state index is 12.5. The van der Waals surface area contributed by atoms with E-state index in [0.29, 0.717) is 5.56 Å². The standard InChI is InChI=1S/C23H16O6/c24-16-12-17(15-9-5-2-6-10-15)28-18-13-19(22(26)23(27)21(16)18)29-20(25)11-14-7-3-1-4-8-14/h1-10,12-13,26-27H,11H2. The molecule has 4 rings (SSSR count). The molecule has 0 aliphatic heterocycles. The van der Waals surface area contributed by atoms with Gasteiger partial charge in [0.15, 0.2) is 16.9 Å². The minimum atomic E-state index is -0.696. The molecule has 0 atom stereocenters. The van der Waals surface area contributed by atoms with Gasteiger partial charge in [-0.3, -0.25) is 9.59 Å². The minimum Gasteiger partial charge on any atom is -0.504 e. The first-order valence-electron chi connectivity index (χ1n) is 8.86. The predicted octanol–water partition coefficient (Wildman–Crippen LogP) is 4.02. The highest BCUT2D eigenvalue weighted by molar-refractivity contribution is 5.90. The van der Waals surface area contributed by atoms with Crippen molar-refractivity contribution in [3.8, 4) is 28.6 Å². The van der Waals surface area contributed by atoms with Crippen molar-refractivity contribution in [3.05, 3.63) is 88.6 Å². The van der Waals surface area contributed by atoms with E-state index < -0.39 is 22.9 Å². The number of carbonyl (C=O) groups excluding carboxylic acids is 1. The van der Waals surface area contributed by atoms with Crippen LogP contribution in [0.2, 0.25) is 0 Å². The molecule has 29 heavy (non-hydrogen) atoms. The number of aromatic hydroxyl groups is 2. The molecule has 6 heteroatoms. The van der Waals surface area contributed by atoms with Crippen LogP contribution in [0.15, 0.2) is 82.0 Å². The third kappa shape index (κ3) is 3.68. The summed E-state index contributed by atoms with van der Waals surface area (Å²) < 4.78 is 11.0. The molecular formula is C23H16O6. The van der Waals surface area contributed by atoms with Gasteiger partial charge in [0.2, 0.25) is 5.75 Å². The third-order valence-corrected chi connectivity index (χ3v) is 4.40. The van der Waals surface area contributed by atoms with Crippen molar-refractivity contribution >= 4 is 16.9 Å². The average Bonchev–Trinajstić information content (AvgIpc) is 2.72. The Kier molecular flexibility index (Phi) is 4.75. The fourth-order valence-electron chi connectivity index (χ4n) is 3.01. The summed E-state index contributed by atoms with van der Waals surface area (Å²) in [5.41, 5.74) is 0.871. The molecule has 0 unspecified atom stereocenters. The molecule has 1 aromatic heterocycles. The van der Waals surface area contributed by atoms with E-state index in [4.69, 9.17) is 9.15 Å². The van der Waals surface area contributed by atoms with Crippen molar-refractivity contribution in [2.75, 3.05) is 0 Å². The van der Waals surface area contributed by atoms with E-state index in [-0.39, 0.29) is 28.9 Å². The molecule has 1 heterocycles. The number of phenols is 2. The van der Waals surface area contributed by atoms with Crippen molar-refractivity contribution in [1.29, 1.82) is 0 Å². The zero-order valence-electron chi connectivity index (χ0n) is 15.2. The van der Waals surface area contributed by atoms with Gasteiger partial charge >= 0.3 is 5.97 Å². The van der Waals surface area contributed by atoms with Gasteiger partial charge in [0, 0.05) is 17.7 Å². The van der Waals surface area contributed by atoms with Crippen LogP contribution >= 0.6 is 0 Å². The Balaban J connectivity index is 1.74. The summed E-state index contributed by atoms with van der Waals surface area (Å²) in [7, 11) is 0. The Bertz CT molecular complexity index is 1240. The summed E-state index contributed by atoms with van der Waals surface area (Å²) in [6, 6.07) is 20.4. The van der Waals surface area contributed by atoms with E-state index in [1.54, 1.807) is 48.5 Å². The van der Waals surface area contributed by atoms with Crippen LogP contribution in [0.25, 0.3) is 22.3 Å². The molecule has 0 saturated carbocycles. The van der Waals surface area contributed by atoms with Crippen LogP contribution < -0.4 is 10.2 Å². The van der Waals surface area contributed by atoms with E-state index >= 15 is 0 Å². The fourth-order valence-corrected chi connectivity index (χ4v) is 3.01. The smallest absolute Gasteiger partial charge is 0.315 e. The monoisotopic (exact) mass is 388 g/mol. The molecule has 6 nitrogen and oxygen atoms in total. The van der Waals surface area contributed by atoms with E-state index in [2.05, 4.69) is 0 Å². The molecule has 0 aliphatic rings. The van der Waals surface area contributed by atoms with Gasteiger partial charge in [-0.25, -0.2) is 0 Å². The topological polar surface area (TPSA) is 97.0 Å². The van der Waals surface area contributed by atoms with Crippen LogP contribution in [-0.4, -0.2) is 16.2 Å². The molecule has 0 amide bonds. The molecule has 4 aromatic rings. The first kappa shape index (κ1) is 18.3. The Morgan fingerprint density at radius 2 is 1.55 bits per heavy atom. The second-order valence-electron chi connectivity index (χ2n) is 6.42. The number of phenolic OH excluding ortho intramolecular Hbond substituents is 2. The molecule has 0 fully saturated rings. The Morgan fingerprint density at radius 3 is 2.24 bits per heavy atom. The highest BCUT2D eigenvalue weighted by Crippen LogP contribution is 2.41. The second kappa shape index (κ2) is 7.52. The molecule has 0 aliphatic carbocycles. The fraction of sp³-hybridized carbons (Fsp3) is 0.0435. The summed E-state index contributed by atoms with van der Waals surface area (Å²) >= 11 is 0. The SMILES string of the molecule is O=C(Cc1ccccc1)Oc1cc2oc(-c3ccccc3)cc(=O)c2c(O)c1O. The van der Waals surface area contributed by atoms with Crippen LogP contribution in [0.3, 0.4) is 0 Å². The van der Waals surface area contributed by atoms with Crippen LogP contribution in [0.4, 0.5) is 0 Å². The molecule has 0 bridgehead atoms. The van der Waals surface area contributed by atoms with Crippen LogP contribution in [0.1, 0.15) is 5.56 Å². The first-order valence-corrected chi connectivity index (χ1v) is 8.86. The lowest BCUT2D eigenvalue weighted by Crippen LogP contribution is -2.11. The van der Waals surface area contributed by atoms with Crippen LogP contribution in [0.5, 0.6) is 17.2 Å². The number of hydrogen-bond donors (Lipinski definition) is 2. The molecule has 2 N–H and O–H groups in total. The molecular weight excluding hydrogens is 372 g/mol. The highest BCUT2D eigenvalue weighted by atomic mass is 16.5. The lowest BCUT2D eigenvalue weighted by atomic mass is 10.1. The summed E-state index contributed by atoms with van der Waals surface area (Å²) in [4.78, 5) is 24.7. The molecule has 3 aromatic carbocycles. The maximum atomic E-state index is 12.5. The number of carbonyl (C=O) groups is 1. The average molecular weight is 388 g/mol. The Labute approximate surface area is 165 Å². The zero-order chi connectivity index (χ0) is 20.4. The van der Waals surface area contributed by atoms with Crippen molar-refractivity contribution in [3.63, 3.8) is 0 Å². The molecule has 144 valence electrons. The Morgan fingerprint density at radius 1 is 0.897 bits per heavy atom. The van der Waals surface area contributed by atoms with E-state index in [9.17, 15) is 19.8 Å². The van der Waals surface area contributed by atoms with Gasteiger partial charge in [0.1, 0.15) is 16.7 Å². The van der Waals surface area contributed by atoms with Gasteiger partial charge in [0.25, 0.3) is 0 Å². The highest BCUT2D eigenvalue weighted by Gasteiger charge is 2.20. The lowest BCUT2D eigenvalue weighted by molar-refractivity contribution is -0.133. The van der Waals surface area contributed by atoms with Crippen LogP contribution in [0, 0.1) is 0 Å². The normalized spacial score (nSPS) is 10.8. The molecule has 0 saturated heterocycles. The number of rotatable bonds is 4.